The number of rotatable bonds is 7. The average Bonchev–Trinajstić information content (AvgIpc) is 2.81. The third-order valence-electron chi connectivity index (χ3n) is 4.58. The van der Waals surface area contributed by atoms with Crippen molar-refractivity contribution in [2.24, 2.45) is 5.10 Å². The van der Waals surface area contributed by atoms with E-state index >= 15 is 0 Å². The Labute approximate surface area is 204 Å². The zero-order valence-corrected chi connectivity index (χ0v) is 20.2. The van der Waals surface area contributed by atoms with Crippen LogP contribution in [0.3, 0.4) is 0 Å². The number of nitrogens with zero attached hydrogens (tertiary/aromatic N) is 1. The molecule has 0 radical (unpaired) electrons. The topological polar surface area (TPSA) is 89.0 Å². The van der Waals surface area contributed by atoms with Crippen molar-refractivity contribution in [3.05, 3.63) is 86.8 Å². The van der Waals surface area contributed by atoms with E-state index in [2.05, 4.69) is 31.8 Å². The number of methoxy groups -OCH3 is 1. The van der Waals surface area contributed by atoms with Gasteiger partial charge in [0.1, 0.15) is 6.61 Å². The van der Waals surface area contributed by atoms with Crippen LogP contribution in [0.5, 0.6) is 11.5 Å². The first-order valence-electron chi connectivity index (χ1n) is 9.82. The maximum absolute atomic E-state index is 12.1. The van der Waals surface area contributed by atoms with E-state index < -0.39 is 11.8 Å². The second kappa shape index (κ2) is 11.5. The summed E-state index contributed by atoms with van der Waals surface area (Å²) >= 11 is 9.51. The van der Waals surface area contributed by atoms with Gasteiger partial charge in [0.2, 0.25) is 0 Å². The molecule has 0 atom stereocenters. The smallest absolute Gasteiger partial charge is 0.329 e. The molecule has 3 aromatic carbocycles. The van der Waals surface area contributed by atoms with Crippen molar-refractivity contribution >= 4 is 51.2 Å². The molecular weight excluding hydrogens is 510 g/mol. The normalized spacial score (nSPS) is 10.7. The molecule has 170 valence electrons. The maximum atomic E-state index is 12.1. The van der Waals surface area contributed by atoms with E-state index in [1.807, 2.05) is 30.3 Å². The Hall–Kier alpha value is -3.36. The number of hydrogen-bond donors (Lipinski definition) is 2. The molecule has 0 aliphatic rings. The first-order valence-corrected chi connectivity index (χ1v) is 11.0. The monoisotopic (exact) mass is 529 g/mol. The van der Waals surface area contributed by atoms with Crippen molar-refractivity contribution in [2.75, 3.05) is 12.4 Å². The molecule has 0 unspecified atom stereocenters. The highest BCUT2D eigenvalue weighted by molar-refractivity contribution is 9.10. The largest absolute Gasteiger partial charge is 0.493 e. The minimum Gasteiger partial charge on any atom is -0.493 e. The molecule has 0 aromatic heterocycles. The van der Waals surface area contributed by atoms with E-state index in [1.54, 1.807) is 37.3 Å². The summed E-state index contributed by atoms with van der Waals surface area (Å²) in [6.07, 6.45) is 1.39. The summed E-state index contributed by atoms with van der Waals surface area (Å²) in [5.41, 5.74) is 4.96. The lowest BCUT2D eigenvalue weighted by Crippen LogP contribution is -2.32. The molecule has 3 aromatic rings. The maximum Gasteiger partial charge on any atom is 0.329 e. The summed E-state index contributed by atoms with van der Waals surface area (Å²) in [5.74, 6) is -0.749. The lowest BCUT2D eigenvalue weighted by molar-refractivity contribution is -0.136. The first-order chi connectivity index (χ1) is 15.9. The number of anilines is 1. The van der Waals surface area contributed by atoms with Gasteiger partial charge >= 0.3 is 11.8 Å². The van der Waals surface area contributed by atoms with Crippen LogP contribution in [0.4, 0.5) is 5.69 Å². The van der Waals surface area contributed by atoms with Gasteiger partial charge in [-0.2, -0.15) is 5.10 Å². The molecule has 2 N–H and O–H groups in total. The van der Waals surface area contributed by atoms with Gasteiger partial charge in [-0.25, -0.2) is 5.43 Å². The van der Waals surface area contributed by atoms with Crippen LogP contribution in [-0.2, 0) is 16.2 Å². The van der Waals surface area contributed by atoms with Crippen molar-refractivity contribution in [3.8, 4) is 11.5 Å². The molecule has 33 heavy (non-hydrogen) atoms. The van der Waals surface area contributed by atoms with Crippen molar-refractivity contribution < 1.29 is 19.1 Å². The molecule has 0 saturated carbocycles. The SMILES string of the molecule is COc1cc(/C=N/NC(=O)C(=O)Nc2cccc(Cl)c2C)cc(Br)c1OCc1ccccc1. The van der Waals surface area contributed by atoms with Crippen LogP contribution < -0.4 is 20.2 Å². The van der Waals surface area contributed by atoms with Gasteiger partial charge < -0.3 is 14.8 Å². The Bertz CT molecular complexity index is 1190. The minimum absolute atomic E-state index is 0.376. The number of halogens is 2. The second-order valence-electron chi connectivity index (χ2n) is 6.87. The van der Waals surface area contributed by atoms with E-state index in [1.165, 1.54) is 13.3 Å². The number of hydrogen-bond acceptors (Lipinski definition) is 5. The number of nitrogens with one attached hydrogen (secondary N) is 2. The molecule has 0 saturated heterocycles. The van der Waals surface area contributed by atoms with Crippen LogP contribution in [0.2, 0.25) is 5.02 Å². The van der Waals surface area contributed by atoms with Gasteiger partial charge in [-0.3, -0.25) is 9.59 Å². The first kappa shape index (κ1) is 24.3. The zero-order valence-electron chi connectivity index (χ0n) is 17.9. The van der Waals surface area contributed by atoms with Crippen LogP contribution >= 0.6 is 27.5 Å². The van der Waals surface area contributed by atoms with Gasteiger partial charge in [-0.15, -0.1) is 0 Å². The van der Waals surface area contributed by atoms with E-state index in [-0.39, 0.29) is 0 Å². The van der Waals surface area contributed by atoms with Gasteiger partial charge in [0.05, 0.1) is 17.8 Å². The molecule has 2 amide bonds. The minimum atomic E-state index is -0.917. The van der Waals surface area contributed by atoms with E-state index in [4.69, 9.17) is 21.1 Å². The van der Waals surface area contributed by atoms with E-state index in [0.717, 1.165) is 5.56 Å². The molecule has 0 aliphatic carbocycles. The molecule has 0 heterocycles. The Morgan fingerprint density at radius 1 is 1.09 bits per heavy atom. The van der Waals surface area contributed by atoms with Crippen molar-refractivity contribution in [1.29, 1.82) is 0 Å². The molecule has 0 spiro atoms. The number of amides is 2. The molecule has 9 heteroatoms. The third kappa shape index (κ3) is 6.57. The standard InChI is InChI=1S/C24H21BrClN3O4/c1-15-19(26)9-6-10-20(15)28-23(30)24(31)29-27-13-17-11-18(25)22(21(12-17)32-2)33-14-16-7-4-3-5-8-16/h3-13H,14H2,1-2H3,(H,28,30)(H,29,31)/b27-13+. The number of ether oxygens (including phenoxy) is 2. The Kier molecular flexibility index (Phi) is 8.46. The van der Waals surface area contributed by atoms with Gasteiger partial charge in [-0.1, -0.05) is 48.0 Å². The highest BCUT2D eigenvalue weighted by Crippen LogP contribution is 2.36. The zero-order chi connectivity index (χ0) is 23.8. The van der Waals surface area contributed by atoms with Crippen LogP contribution in [-0.4, -0.2) is 25.1 Å². The fourth-order valence-corrected chi connectivity index (χ4v) is 3.57. The van der Waals surface area contributed by atoms with Crippen LogP contribution in [0, 0.1) is 6.92 Å². The quantitative estimate of drug-likeness (QED) is 0.253. The van der Waals surface area contributed by atoms with Gasteiger partial charge in [0, 0.05) is 10.7 Å². The summed E-state index contributed by atoms with van der Waals surface area (Å²) in [6.45, 7) is 2.12. The number of hydrazone groups is 1. The Morgan fingerprint density at radius 3 is 2.58 bits per heavy atom. The molecule has 7 nitrogen and oxygen atoms in total. The summed E-state index contributed by atoms with van der Waals surface area (Å²) in [4.78, 5) is 24.2. The predicted molar refractivity (Wildman–Crippen MR) is 132 cm³/mol. The van der Waals surface area contributed by atoms with Crippen molar-refractivity contribution in [2.45, 2.75) is 13.5 Å². The highest BCUT2D eigenvalue weighted by Gasteiger charge is 2.15. The fourth-order valence-electron chi connectivity index (χ4n) is 2.82. The van der Waals surface area contributed by atoms with Gasteiger partial charge in [-0.05, 0) is 63.8 Å². The summed E-state index contributed by atoms with van der Waals surface area (Å²) < 4.78 is 12.0. The predicted octanol–water partition coefficient (Wildman–Crippen LogP) is 5.09. The van der Waals surface area contributed by atoms with E-state index in [0.29, 0.717) is 44.4 Å². The number of carbonyl (C=O) groups is 2. The molecule has 3 rings (SSSR count). The Balaban J connectivity index is 1.63. The lowest BCUT2D eigenvalue weighted by atomic mass is 10.2. The molecule has 0 aliphatic heterocycles. The summed E-state index contributed by atoms with van der Waals surface area (Å²) in [7, 11) is 1.53. The fraction of sp³-hybridized carbons (Fsp3) is 0.125. The molecule has 0 bridgehead atoms. The van der Waals surface area contributed by atoms with Crippen LogP contribution in [0.25, 0.3) is 0 Å². The van der Waals surface area contributed by atoms with Crippen molar-refractivity contribution in [3.63, 3.8) is 0 Å². The third-order valence-corrected chi connectivity index (χ3v) is 5.58. The highest BCUT2D eigenvalue weighted by atomic mass is 79.9. The molecular formula is C24H21BrClN3O4. The lowest BCUT2D eigenvalue weighted by Gasteiger charge is -2.13. The number of carbonyl (C=O) groups excluding carboxylic acids is 2. The summed E-state index contributed by atoms with van der Waals surface area (Å²) in [6, 6.07) is 18.2. The van der Waals surface area contributed by atoms with Crippen LogP contribution in [0.15, 0.2) is 70.2 Å². The van der Waals surface area contributed by atoms with Gasteiger partial charge in [0.25, 0.3) is 0 Å². The van der Waals surface area contributed by atoms with Gasteiger partial charge in [0.15, 0.2) is 11.5 Å². The number of benzene rings is 3. The van der Waals surface area contributed by atoms with Crippen LogP contribution in [0.1, 0.15) is 16.7 Å². The van der Waals surface area contributed by atoms with Crippen molar-refractivity contribution in [1.82, 2.24) is 5.43 Å². The average molecular weight is 531 g/mol. The Morgan fingerprint density at radius 2 is 1.85 bits per heavy atom. The molecule has 0 fully saturated rings. The second-order valence-corrected chi connectivity index (χ2v) is 8.14. The summed E-state index contributed by atoms with van der Waals surface area (Å²) in [5, 5.41) is 6.85. The van der Waals surface area contributed by atoms with E-state index in [9.17, 15) is 9.59 Å².